The normalized spacial score (nSPS) is 10.6. The Morgan fingerprint density at radius 2 is 1.93 bits per heavy atom. The van der Waals surface area contributed by atoms with Crippen LogP contribution in [0.5, 0.6) is 5.75 Å². The van der Waals surface area contributed by atoms with Gasteiger partial charge in [0.2, 0.25) is 0 Å². The summed E-state index contributed by atoms with van der Waals surface area (Å²) in [5.41, 5.74) is 8.81. The minimum atomic E-state index is -0.641. The maximum atomic E-state index is 12.4. The molecule has 0 fully saturated rings. The van der Waals surface area contributed by atoms with E-state index in [0.29, 0.717) is 22.0 Å². The lowest BCUT2D eigenvalue weighted by molar-refractivity contribution is -0.119. The molecule has 3 rings (SSSR count). The number of nitrogens with two attached hydrogens (primary N) is 1. The second kappa shape index (κ2) is 7.63. The first-order valence-corrected chi connectivity index (χ1v) is 8.98. The van der Waals surface area contributed by atoms with Gasteiger partial charge in [0.25, 0.3) is 5.91 Å². The summed E-state index contributed by atoms with van der Waals surface area (Å²) in [5.74, 6) is -0.408. The highest BCUT2D eigenvalue weighted by Gasteiger charge is 2.21. The van der Waals surface area contributed by atoms with E-state index in [1.54, 1.807) is 31.4 Å². The predicted molar refractivity (Wildman–Crippen MR) is 105 cm³/mol. The molecule has 2 heterocycles. The largest absolute Gasteiger partial charge is 0.497 e. The number of nitrogens with one attached hydrogen (secondary N) is 1. The first-order chi connectivity index (χ1) is 12.9. The van der Waals surface area contributed by atoms with Crippen LogP contribution in [0.1, 0.15) is 20.9 Å². The molecule has 0 aliphatic heterocycles. The van der Waals surface area contributed by atoms with Gasteiger partial charge in [0.1, 0.15) is 15.5 Å². The second-order valence-corrected chi connectivity index (χ2v) is 6.96. The average Bonchev–Trinajstić information content (AvgIpc) is 2.97. The summed E-state index contributed by atoms with van der Waals surface area (Å²) in [6.07, 6.45) is 0. The summed E-state index contributed by atoms with van der Waals surface area (Å²) in [7, 11) is 1.56. The number of esters is 1. The van der Waals surface area contributed by atoms with Crippen molar-refractivity contribution < 1.29 is 19.1 Å². The summed E-state index contributed by atoms with van der Waals surface area (Å²) in [4.78, 5) is 29.7. The molecule has 27 heavy (non-hydrogen) atoms. The van der Waals surface area contributed by atoms with Crippen molar-refractivity contribution in [3.05, 3.63) is 46.5 Å². The summed E-state index contributed by atoms with van der Waals surface area (Å²) in [5, 5.41) is 3.40. The molecule has 0 aliphatic rings. The van der Waals surface area contributed by atoms with Gasteiger partial charge in [-0.1, -0.05) is 0 Å². The molecule has 3 N–H and O–H groups in total. The molecule has 0 atom stereocenters. The Bertz CT molecular complexity index is 1010. The quantitative estimate of drug-likeness (QED) is 0.653. The van der Waals surface area contributed by atoms with Crippen molar-refractivity contribution in [1.82, 2.24) is 4.98 Å². The van der Waals surface area contributed by atoms with Gasteiger partial charge in [0, 0.05) is 16.8 Å². The Labute approximate surface area is 160 Å². The third kappa shape index (κ3) is 4.01. The number of amides is 1. The van der Waals surface area contributed by atoms with Crippen molar-refractivity contribution in [2.75, 3.05) is 24.8 Å². The Morgan fingerprint density at radius 1 is 1.22 bits per heavy atom. The van der Waals surface area contributed by atoms with Crippen molar-refractivity contribution in [1.29, 1.82) is 0 Å². The molecule has 1 aromatic carbocycles. The van der Waals surface area contributed by atoms with Crippen LogP contribution >= 0.6 is 11.3 Å². The minimum Gasteiger partial charge on any atom is -0.497 e. The highest BCUT2D eigenvalue weighted by molar-refractivity contribution is 7.21. The van der Waals surface area contributed by atoms with E-state index in [1.165, 1.54) is 0 Å². The number of hydrogen-bond acceptors (Lipinski definition) is 7. The standard InChI is InChI=1S/C19H19N3O4S/c1-10-8-11(2)21-18-15(10)16(20)17(27-18)19(24)26-9-14(23)22-12-4-6-13(25-3)7-5-12/h4-8H,9,20H2,1-3H3,(H,22,23). The Kier molecular flexibility index (Phi) is 5.27. The molecule has 0 radical (unpaired) electrons. The number of anilines is 2. The molecule has 0 unspecified atom stereocenters. The smallest absolute Gasteiger partial charge is 0.351 e. The van der Waals surface area contributed by atoms with Crippen molar-refractivity contribution in [2.24, 2.45) is 0 Å². The summed E-state index contributed by atoms with van der Waals surface area (Å²) in [6.45, 7) is 3.38. The zero-order valence-corrected chi connectivity index (χ0v) is 16.0. The van der Waals surface area contributed by atoms with Crippen LogP contribution in [0.25, 0.3) is 10.2 Å². The molecule has 0 saturated heterocycles. The van der Waals surface area contributed by atoms with E-state index in [-0.39, 0.29) is 4.88 Å². The minimum absolute atomic E-state index is 0.253. The molecule has 0 saturated carbocycles. The van der Waals surface area contributed by atoms with Crippen LogP contribution < -0.4 is 15.8 Å². The Morgan fingerprint density at radius 3 is 2.59 bits per heavy atom. The number of nitrogens with zero attached hydrogens (tertiary/aromatic N) is 1. The molecule has 2 aromatic heterocycles. The van der Waals surface area contributed by atoms with Crippen LogP contribution in [0.3, 0.4) is 0 Å². The summed E-state index contributed by atoms with van der Waals surface area (Å²) >= 11 is 1.16. The lowest BCUT2D eigenvalue weighted by atomic mass is 10.1. The zero-order chi connectivity index (χ0) is 19.6. The number of benzene rings is 1. The van der Waals surface area contributed by atoms with Crippen molar-refractivity contribution in [3.63, 3.8) is 0 Å². The van der Waals surface area contributed by atoms with Gasteiger partial charge in [-0.2, -0.15) is 0 Å². The van der Waals surface area contributed by atoms with E-state index in [0.717, 1.165) is 28.0 Å². The maximum absolute atomic E-state index is 12.4. The molecule has 8 heteroatoms. The number of carbonyl (C=O) groups excluding carboxylic acids is 2. The van der Waals surface area contributed by atoms with Crippen LogP contribution in [-0.4, -0.2) is 30.6 Å². The molecule has 0 bridgehead atoms. The number of hydrogen-bond donors (Lipinski definition) is 2. The number of carbonyl (C=O) groups is 2. The van der Waals surface area contributed by atoms with Gasteiger partial charge in [-0.15, -0.1) is 11.3 Å². The van der Waals surface area contributed by atoms with E-state index in [1.807, 2.05) is 19.9 Å². The van der Waals surface area contributed by atoms with Crippen LogP contribution in [0.2, 0.25) is 0 Å². The van der Waals surface area contributed by atoms with E-state index in [4.69, 9.17) is 15.2 Å². The van der Waals surface area contributed by atoms with Gasteiger partial charge in [0.05, 0.1) is 12.8 Å². The van der Waals surface area contributed by atoms with Gasteiger partial charge >= 0.3 is 5.97 Å². The lowest BCUT2D eigenvalue weighted by Gasteiger charge is -2.07. The average molecular weight is 385 g/mol. The maximum Gasteiger partial charge on any atom is 0.351 e. The number of rotatable bonds is 5. The van der Waals surface area contributed by atoms with Gasteiger partial charge in [-0.25, -0.2) is 9.78 Å². The number of fused-ring (bicyclic) bond motifs is 1. The lowest BCUT2D eigenvalue weighted by Crippen LogP contribution is -2.20. The third-order valence-corrected chi connectivity index (χ3v) is 5.00. The SMILES string of the molecule is COc1ccc(NC(=O)COC(=O)c2sc3nc(C)cc(C)c3c2N)cc1. The van der Waals surface area contributed by atoms with Crippen LogP contribution in [0.15, 0.2) is 30.3 Å². The predicted octanol–water partition coefficient (Wildman–Crippen LogP) is 3.30. The van der Waals surface area contributed by atoms with E-state index < -0.39 is 18.5 Å². The molecule has 1 amide bonds. The molecule has 0 spiro atoms. The van der Waals surface area contributed by atoms with Gasteiger partial charge in [0.15, 0.2) is 6.61 Å². The molecule has 7 nitrogen and oxygen atoms in total. The fourth-order valence-corrected chi connectivity index (χ4v) is 3.80. The molecule has 0 aliphatic carbocycles. The number of nitrogen functional groups attached to an aromatic ring is 1. The highest BCUT2D eigenvalue weighted by Crippen LogP contribution is 2.35. The molecule has 3 aromatic rings. The van der Waals surface area contributed by atoms with Crippen LogP contribution in [0, 0.1) is 13.8 Å². The van der Waals surface area contributed by atoms with Crippen LogP contribution in [-0.2, 0) is 9.53 Å². The number of ether oxygens (including phenoxy) is 2. The van der Waals surface area contributed by atoms with Gasteiger partial charge < -0.3 is 20.5 Å². The van der Waals surface area contributed by atoms with Crippen molar-refractivity contribution in [3.8, 4) is 5.75 Å². The molecular formula is C19H19N3O4S. The Balaban J connectivity index is 1.66. The second-order valence-electron chi connectivity index (χ2n) is 5.96. The third-order valence-electron chi connectivity index (χ3n) is 3.92. The molecule has 140 valence electrons. The first-order valence-electron chi connectivity index (χ1n) is 8.16. The molecular weight excluding hydrogens is 366 g/mol. The summed E-state index contributed by atoms with van der Waals surface area (Å²) in [6, 6.07) is 8.73. The number of aromatic nitrogens is 1. The number of pyridine rings is 1. The van der Waals surface area contributed by atoms with Crippen molar-refractivity contribution in [2.45, 2.75) is 13.8 Å². The van der Waals surface area contributed by atoms with Gasteiger partial charge in [-0.05, 0) is 49.7 Å². The van der Waals surface area contributed by atoms with E-state index in [9.17, 15) is 9.59 Å². The topological polar surface area (TPSA) is 104 Å². The number of aryl methyl sites for hydroxylation is 2. The fraction of sp³-hybridized carbons (Fsp3) is 0.211. The monoisotopic (exact) mass is 385 g/mol. The highest BCUT2D eigenvalue weighted by atomic mass is 32.1. The zero-order valence-electron chi connectivity index (χ0n) is 15.2. The summed E-state index contributed by atoms with van der Waals surface area (Å²) < 4.78 is 10.2. The van der Waals surface area contributed by atoms with E-state index >= 15 is 0 Å². The number of methoxy groups -OCH3 is 1. The van der Waals surface area contributed by atoms with Crippen LogP contribution in [0.4, 0.5) is 11.4 Å². The fourth-order valence-electron chi connectivity index (χ4n) is 2.69. The van der Waals surface area contributed by atoms with Gasteiger partial charge in [-0.3, -0.25) is 4.79 Å². The van der Waals surface area contributed by atoms with E-state index in [2.05, 4.69) is 10.3 Å². The first kappa shape index (κ1) is 18.7. The van der Waals surface area contributed by atoms with Crippen molar-refractivity contribution >= 4 is 44.8 Å². The Hall–Kier alpha value is -3.13. The number of thiophene rings is 1.